The summed E-state index contributed by atoms with van der Waals surface area (Å²) in [5, 5.41) is 0. The lowest BCUT2D eigenvalue weighted by Crippen LogP contribution is -2.32. The third kappa shape index (κ3) is 16.5. The van der Waals surface area contributed by atoms with Crippen molar-refractivity contribution in [2.24, 2.45) is 11.8 Å². The van der Waals surface area contributed by atoms with Crippen LogP contribution in [0, 0.1) is 11.8 Å². The molecule has 0 radical (unpaired) electrons. The molecule has 0 bridgehead atoms. The van der Waals surface area contributed by atoms with Crippen molar-refractivity contribution in [3.8, 4) is 0 Å². The molecule has 1 saturated heterocycles. The summed E-state index contributed by atoms with van der Waals surface area (Å²) in [6, 6.07) is 0. The molecule has 1 aliphatic rings. The van der Waals surface area contributed by atoms with Gasteiger partial charge in [0.2, 0.25) is 0 Å². The maximum Gasteiger partial charge on any atom is 0.349 e. The van der Waals surface area contributed by atoms with E-state index in [-0.39, 0.29) is 45.6 Å². The number of hydrogen-bond acceptors (Lipinski definition) is 11. The summed E-state index contributed by atoms with van der Waals surface area (Å²) in [5.41, 5.74) is 0. The highest BCUT2D eigenvalue weighted by atomic mass is 31.3. The molecule has 6 N–H and O–H groups in total. The predicted octanol–water partition coefficient (Wildman–Crippen LogP) is 1.10. The van der Waals surface area contributed by atoms with Gasteiger partial charge >= 0.3 is 42.3 Å². The van der Waals surface area contributed by atoms with Gasteiger partial charge in [0.05, 0.1) is 25.0 Å². The maximum absolute atomic E-state index is 12.4. The predicted molar refractivity (Wildman–Crippen MR) is 136 cm³/mol. The van der Waals surface area contributed by atoms with Crippen LogP contribution >= 0.6 is 30.4 Å². The van der Waals surface area contributed by atoms with E-state index < -0.39 is 79.3 Å². The number of carbonyl (C=O) groups excluding carboxylic acids is 2. The first-order valence-corrected chi connectivity index (χ1v) is 19.1. The first-order chi connectivity index (χ1) is 17.7. The number of carbonyl (C=O) groups is 2. The lowest BCUT2D eigenvalue weighted by Gasteiger charge is -2.31. The lowest BCUT2D eigenvalue weighted by atomic mass is 9.94. The van der Waals surface area contributed by atoms with Gasteiger partial charge in [0, 0.05) is 13.1 Å². The van der Waals surface area contributed by atoms with Gasteiger partial charge in [0.1, 0.15) is 25.1 Å². The van der Waals surface area contributed by atoms with Crippen molar-refractivity contribution in [3.63, 3.8) is 0 Å². The molecule has 0 saturated carbocycles. The molecule has 1 heterocycles. The van der Waals surface area contributed by atoms with Gasteiger partial charge in [0.25, 0.3) is 0 Å². The van der Waals surface area contributed by atoms with E-state index in [1.165, 1.54) is 4.90 Å². The molecule has 0 aromatic carbocycles. The fraction of sp³-hybridized carbons (Fsp3) is 0.889. The van der Waals surface area contributed by atoms with Crippen molar-refractivity contribution in [2.75, 3.05) is 51.4 Å². The largest absolute Gasteiger partial charge is 0.465 e. The number of ether oxygens (including phenoxy) is 2. The summed E-state index contributed by atoms with van der Waals surface area (Å²) in [5.74, 6) is -2.53. The Bertz CT molecular complexity index is 966. The van der Waals surface area contributed by atoms with E-state index in [4.69, 9.17) is 29.0 Å². The quantitative estimate of drug-likeness (QED) is 0.0734. The van der Waals surface area contributed by atoms with Gasteiger partial charge in [-0.25, -0.2) is 4.31 Å². The van der Waals surface area contributed by atoms with Crippen LogP contribution in [0.4, 0.5) is 0 Å². The normalized spacial score (nSPS) is 24.3. The Morgan fingerprint density at radius 2 is 1.44 bits per heavy atom. The topological polar surface area (TPSA) is 258 Å². The van der Waals surface area contributed by atoms with Gasteiger partial charge in [-0.1, -0.05) is 13.8 Å². The molecule has 1 fully saturated rings. The highest BCUT2D eigenvalue weighted by Gasteiger charge is 2.41. The number of rotatable bonds is 17. The number of hydrogen-bond donors (Lipinski definition) is 6. The molecule has 1 aliphatic heterocycles. The average molecular weight is 646 g/mol. The van der Waals surface area contributed by atoms with E-state index in [0.717, 1.165) is 4.90 Å². The van der Waals surface area contributed by atoms with E-state index >= 15 is 0 Å². The van der Waals surface area contributed by atoms with E-state index in [1.807, 2.05) is 0 Å². The highest BCUT2D eigenvalue weighted by Crippen LogP contribution is 2.63. The molecule has 4 unspecified atom stereocenters. The molecule has 39 heavy (non-hydrogen) atoms. The minimum absolute atomic E-state index is 0.0559. The summed E-state index contributed by atoms with van der Waals surface area (Å²) in [4.78, 5) is 82.2. The molecule has 1 rings (SSSR count). The second kappa shape index (κ2) is 15.7. The molecule has 0 aliphatic carbocycles. The third-order valence-corrected chi connectivity index (χ3v) is 10.5. The Kier molecular flexibility index (Phi) is 14.7. The fourth-order valence-electron chi connectivity index (χ4n) is 3.78. The van der Waals surface area contributed by atoms with Crippen LogP contribution in [-0.2, 0) is 41.6 Å². The Balaban J connectivity index is 2.42. The Morgan fingerprint density at radius 1 is 0.949 bits per heavy atom. The van der Waals surface area contributed by atoms with Gasteiger partial charge in [0.15, 0.2) is 0 Å². The van der Waals surface area contributed by atoms with Crippen molar-refractivity contribution >= 4 is 42.3 Å². The van der Waals surface area contributed by atoms with Crippen LogP contribution < -0.4 is 0 Å². The van der Waals surface area contributed by atoms with Gasteiger partial charge < -0.3 is 38.8 Å². The van der Waals surface area contributed by atoms with Gasteiger partial charge in [-0.05, 0) is 25.7 Å². The van der Waals surface area contributed by atoms with Crippen LogP contribution in [0.15, 0.2) is 0 Å². The molecule has 0 aromatic heterocycles. The Morgan fingerprint density at radius 3 is 1.92 bits per heavy atom. The standard InChI is InChI=1S/C18H38N2O15P4/c1-3-16(18(22)34-9-4-6-19(11-36(23,24)25)12-37(26,27)28)10-15(2)17(21)33-8-5-7-20-13-38(29,30)35-39(31,32)14-20/h15-16H,3-14H2,1-2H3,(H,29,30)(H,31,32)(H2,23,24,25)(H2,26,27,28). The van der Waals surface area contributed by atoms with Crippen molar-refractivity contribution < 1.29 is 71.0 Å². The zero-order chi connectivity index (χ0) is 30.1. The molecule has 0 amide bonds. The number of nitrogens with zero attached hydrogens (tertiary/aromatic N) is 2. The maximum atomic E-state index is 12.4. The lowest BCUT2D eigenvalue weighted by molar-refractivity contribution is -0.152. The summed E-state index contributed by atoms with van der Waals surface area (Å²) < 4.78 is 60.4. The minimum Gasteiger partial charge on any atom is -0.465 e. The van der Waals surface area contributed by atoms with Crippen LogP contribution in [0.25, 0.3) is 0 Å². The van der Waals surface area contributed by atoms with Crippen LogP contribution in [0.1, 0.15) is 39.5 Å². The zero-order valence-corrected chi connectivity index (χ0v) is 25.3. The summed E-state index contributed by atoms with van der Waals surface area (Å²) in [6.07, 6.45) is -1.83. The first kappa shape index (κ1) is 36.5. The SMILES string of the molecule is CCC(CC(C)C(=O)OCCCN1CP(=O)(O)OP(=O)(O)C1)C(=O)OCCCN(CP(=O)(O)O)CP(=O)(O)O. The van der Waals surface area contributed by atoms with Crippen molar-refractivity contribution in [1.82, 2.24) is 9.80 Å². The van der Waals surface area contributed by atoms with E-state index in [2.05, 4.69) is 4.31 Å². The molecule has 17 nitrogen and oxygen atoms in total. The Labute approximate surface area is 226 Å². The van der Waals surface area contributed by atoms with E-state index in [0.29, 0.717) is 6.42 Å². The second-order valence-corrected chi connectivity index (χ2v) is 16.3. The molecule has 230 valence electrons. The van der Waals surface area contributed by atoms with E-state index in [1.54, 1.807) is 13.8 Å². The molecule has 4 atom stereocenters. The molecule has 21 heteroatoms. The van der Waals surface area contributed by atoms with Crippen molar-refractivity contribution in [3.05, 3.63) is 0 Å². The zero-order valence-electron chi connectivity index (χ0n) is 21.7. The smallest absolute Gasteiger partial charge is 0.349 e. The van der Waals surface area contributed by atoms with Crippen molar-refractivity contribution in [1.29, 1.82) is 0 Å². The van der Waals surface area contributed by atoms with Crippen LogP contribution in [0.5, 0.6) is 0 Å². The number of esters is 2. The monoisotopic (exact) mass is 646 g/mol. The Hall–Kier alpha value is -0.500. The van der Waals surface area contributed by atoms with Crippen molar-refractivity contribution in [2.45, 2.75) is 39.5 Å². The second-order valence-electron chi connectivity index (χ2n) is 9.32. The molecular formula is C18H38N2O15P4. The highest BCUT2D eigenvalue weighted by molar-refractivity contribution is 7.66. The van der Waals surface area contributed by atoms with Gasteiger partial charge in [-0.3, -0.25) is 37.6 Å². The molecule has 0 spiro atoms. The first-order valence-electron chi connectivity index (χ1n) is 11.9. The van der Waals surface area contributed by atoms with Crippen LogP contribution in [0.2, 0.25) is 0 Å². The molecular weight excluding hydrogens is 608 g/mol. The fourth-order valence-corrected chi connectivity index (χ4v) is 9.13. The van der Waals surface area contributed by atoms with Gasteiger partial charge in [-0.15, -0.1) is 0 Å². The third-order valence-electron chi connectivity index (χ3n) is 5.37. The molecule has 0 aromatic rings. The van der Waals surface area contributed by atoms with Gasteiger partial charge in [-0.2, -0.15) is 0 Å². The van der Waals surface area contributed by atoms with Crippen LogP contribution in [-0.4, -0.2) is 103 Å². The summed E-state index contributed by atoms with van der Waals surface area (Å²) in [7, 11) is -17.6. The minimum atomic E-state index is -4.57. The summed E-state index contributed by atoms with van der Waals surface area (Å²) >= 11 is 0. The van der Waals surface area contributed by atoms with Crippen LogP contribution in [0.3, 0.4) is 0 Å². The average Bonchev–Trinajstić information content (AvgIpc) is 2.73. The van der Waals surface area contributed by atoms with E-state index in [9.17, 15) is 37.6 Å². The summed E-state index contributed by atoms with van der Waals surface area (Å²) in [6.45, 7) is 3.02.